The van der Waals surface area contributed by atoms with Gasteiger partial charge in [0.05, 0.1) is 29.1 Å². The van der Waals surface area contributed by atoms with Crippen molar-refractivity contribution in [3.63, 3.8) is 0 Å². The molecular weight excluding hydrogens is 454 g/mol. The van der Waals surface area contributed by atoms with Crippen LogP contribution in [0, 0.1) is 13.8 Å². The summed E-state index contributed by atoms with van der Waals surface area (Å²) < 4.78 is 5.39. The molecule has 0 saturated heterocycles. The first-order chi connectivity index (χ1) is 16.4. The minimum Gasteiger partial charge on any atom is -0.394 e. The van der Waals surface area contributed by atoms with Crippen molar-refractivity contribution >= 4 is 29.3 Å². The summed E-state index contributed by atoms with van der Waals surface area (Å²) >= 11 is 6.21. The Balaban J connectivity index is 1.46. The van der Waals surface area contributed by atoms with E-state index in [0.29, 0.717) is 22.4 Å². The van der Waals surface area contributed by atoms with Crippen molar-refractivity contribution in [1.82, 2.24) is 20.3 Å². The highest BCUT2D eigenvalue weighted by Gasteiger charge is 2.17. The molecule has 0 aliphatic heterocycles. The van der Waals surface area contributed by atoms with Gasteiger partial charge >= 0.3 is 6.09 Å². The third kappa shape index (κ3) is 5.54. The topological polar surface area (TPSA) is 112 Å². The van der Waals surface area contributed by atoms with Crippen LogP contribution >= 0.6 is 11.6 Å². The first-order valence-electron chi connectivity index (χ1n) is 10.6. The van der Waals surface area contributed by atoms with E-state index in [1.54, 1.807) is 24.5 Å². The SMILES string of the molecule is Cc1cccc(C(CO)NC(=O)Oc2cc(-c3nc(Nc4ccccc4Cl)ncc3C)c[nH]2)c1. The molecule has 2 heterocycles. The van der Waals surface area contributed by atoms with Crippen molar-refractivity contribution in [2.45, 2.75) is 19.9 Å². The average molecular weight is 478 g/mol. The molecule has 0 spiro atoms. The highest BCUT2D eigenvalue weighted by atomic mass is 35.5. The summed E-state index contributed by atoms with van der Waals surface area (Å²) in [4.78, 5) is 24.3. The van der Waals surface area contributed by atoms with Gasteiger partial charge in [0, 0.05) is 24.0 Å². The third-order valence-corrected chi connectivity index (χ3v) is 5.47. The van der Waals surface area contributed by atoms with Crippen LogP contribution in [0.15, 0.2) is 67.0 Å². The molecule has 1 atom stereocenters. The fourth-order valence-corrected chi connectivity index (χ4v) is 3.62. The van der Waals surface area contributed by atoms with Crippen molar-refractivity contribution in [3.05, 3.63) is 88.7 Å². The van der Waals surface area contributed by atoms with Crippen LogP contribution in [0.5, 0.6) is 5.88 Å². The van der Waals surface area contributed by atoms with Crippen molar-refractivity contribution in [1.29, 1.82) is 0 Å². The van der Waals surface area contributed by atoms with Crippen LogP contribution in [0.3, 0.4) is 0 Å². The Morgan fingerprint density at radius 1 is 1.18 bits per heavy atom. The minimum atomic E-state index is -0.686. The minimum absolute atomic E-state index is 0.243. The van der Waals surface area contributed by atoms with E-state index in [2.05, 4.69) is 25.6 Å². The largest absolute Gasteiger partial charge is 0.414 e. The Hall–Kier alpha value is -3.88. The number of benzene rings is 2. The Kier molecular flexibility index (Phi) is 7.10. The van der Waals surface area contributed by atoms with Gasteiger partial charge in [-0.2, -0.15) is 0 Å². The molecule has 174 valence electrons. The van der Waals surface area contributed by atoms with E-state index < -0.39 is 12.1 Å². The molecule has 1 amide bonds. The van der Waals surface area contributed by atoms with Crippen LogP contribution in [0.2, 0.25) is 5.02 Å². The highest BCUT2D eigenvalue weighted by molar-refractivity contribution is 6.33. The predicted octanol–water partition coefficient (Wildman–Crippen LogP) is 5.31. The van der Waals surface area contributed by atoms with Gasteiger partial charge in [0.15, 0.2) is 0 Å². The summed E-state index contributed by atoms with van der Waals surface area (Å²) in [6.07, 6.45) is 2.71. The number of ether oxygens (including phenoxy) is 1. The number of hydrogen-bond acceptors (Lipinski definition) is 6. The van der Waals surface area contributed by atoms with Crippen molar-refractivity contribution < 1.29 is 14.6 Å². The van der Waals surface area contributed by atoms with Crippen LogP contribution < -0.4 is 15.4 Å². The lowest BCUT2D eigenvalue weighted by Crippen LogP contribution is -2.33. The number of rotatable bonds is 7. The second-order valence-corrected chi connectivity index (χ2v) is 8.17. The molecule has 9 heteroatoms. The smallest absolute Gasteiger partial charge is 0.394 e. The standard InChI is InChI=1S/C25H24ClN5O3/c1-15-6-5-7-17(10-15)21(14-32)30-25(33)34-22-11-18(13-27-22)23-16(2)12-28-24(31-23)29-20-9-4-3-8-19(20)26/h3-13,21,27,32H,14H2,1-2H3,(H,30,33)(H,28,29,31). The molecule has 0 radical (unpaired) electrons. The number of carbonyl (C=O) groups is 1. The summed E-state index contributed by atoms with van der Waals surface area (Å²) in [5, 5.41) is 16.1. The molecule has 4 N–H and O–H groups in total. The number of hydrogen-bond donors (Lipinski definition) is 4. The molecule has 34 heavy (non-hydrogen) atoms. The Morgan fingerprint density at radius 3 is 2.76 bits per heavy atom. The number of anilines is 2. The fourth-order valence-electron chi connectivity index (χ4n) is 3.44. The van der Waals surface area contributed by atoms with Crippen LogP contribution in [0.25, 0.3) is 11.3 Å². The second-order valence-electron chi connectivity index (χ2n) is 7.77. The average Bonchev–Trinajstić information content (AvgIpc) is 3.28. The van der Waals surface area contributed by atoms with Gasteiger partial charge in [-0.05, 0) is 37.1 Å². The van der Waals surface area contributed by atoms with Gasteiger partial charge in [-0.1, -0.05) is 53.6 Å². The molecule has 4 aromatic rings. The van der Waals surface area contributed by atoms with E-state index in [4.69, 9.17) is 16.3 Å². The summed E-state index contributed by atoms with van der Waals surface area (Å²) in [6, 6.07) is 16.0. The molecule has 2 aromatic heterocycles. The van der Waals surface area contributed by atoms with Crippen LogP contribution in [0.4, 0.5) is 16.4 Å². The maximum atomic E-state index is 12.4. The van der Waals surface area contributed by atoms with Crippen LogP contribution in [-0.2, 0) is 0 Å². The zero-order chi connectivity index (χ0) is 24.1. The molecule has 0 aliphatic carbocycles. The summed E-state index contributed by atoms with van der Waals surface area (Å²) in [6.45, 7) is 3.58. The zero-order valence-corrected chi connectivity index (χ0v) is 19.4. The number of aliphatic hydroxyl groups is 1. The van der Waals surface area contributed by atoms with Crippen molar-refractivity contribution in [2.24, 2.45) is 0 Å². The first-order valence-corrected chi connectivity index (χ1v) is 11.0. The van der Waals surface area contributed by atoms with Crippen molar-refractivity contribution in [3.8, 4) is 17.1 Å². The van der Waals surface area contributed by atoms with Crippen LogP contribution in [-0.4, -0.2) is 32.8 Å². The summed E-state index contributed by atoms with van der Waals surface area (Å²) in [5.41, 5.74) is 4.76. The lowest BCUT2D eigenvalue weighted by Gasteiger charge is -2.16. The number of aromatic nitrogens is 3. The molecule has 4 rings (SSSR count). The Morgan fingerprint density at radius 2 is 2.00 bits per heavy atom. The van der Waals surface area contributed by atoms with Gasteiger partial charge in [-0.15, -0.1) is 0 Å². The number of H-pyrrole nitrogens is 1. The Bertz CT molecular complexity index is 1310. The van der Waals surface area contributed by atoms with E-state index in [9.17, 15) is 9.90 Å². The zero-order valence-electron chi connectivity index (χ0n) is 18.7. The fraction of sp³-hybridized carbons (Fsp3) is 0.160. The molecule has 2 aromatic carbocycles. The number of amides is 1. The van der Waals surface area contributed by atoms with Gasteiger partial charge in [0.1, 0.15) is 0 Å². The lowest BCUT2D eigenvalue weighted by molar-refractivity contribution is 0.182. The highest BCUT2D eigenvalue weighted by Crippen LogP contribution is 2.28. The second kappa shape index (κ2) is 10.4. The normalized spacial score (nSPS) is 11.6. The van der Waals surface area contributed by atoms with E-state index in [0.717, 1.165) is 22.3 Å². The number of carbonyl (C=O) groups excluding carboxylic acids is 1. The molecule has 8 nitrogen and oxygen atoms in total. The Labute approximate surface area is 202 Å². The van der Waals surface area contributed by atoms with Crippen LogP contribution in [0.1, 0.15) is 22.7 Å². The number of aromatic amines is 1. The maximum Gasteiger partial charge on any atom is 0.414 e. The molecule has 0 saturated carbocycles. The number of halogens is 1. The van der Waals surface area contributed by atoms with E-state index in [1.807, 2.05) is 56.3 Å². The molecule has 1 unspecified atom stereocenters. The van der Waals surface area contributed by atoms with E-state index >= 15 is 0 Å². The molecule has 0 aliphatic rings. The number of nitrogens with one attached hydrogen (secondary N) is 3. The van der Waals surface area contributed by atoms with Gasteiger partial charge in [0.2, 0.25) is 11.8 Å². The van der Waals surface area contributed by atoms with Gasteiger partial charge < -0.3 is 25.5 Å². The van der Waals surface area contributed by atoms with Gasteiger partial charge in [0.25, 0.3) is 0 Å². The first kappa shape index (κ1) is 23.3. The van der Waals surface area contributed by atoms with E-state index in [-0.39, 0.29) is 12.5 Å². The number of aliphatic hydroxyl groups excluding tert-OH is 1. The third-order valence-electron chi connectivity index (χ3n) is 5.14. The quantitative estimate of drug-likeness (QED) is 0.287. The molecular formula is C25H24ClN5O3. The van der Waals surface area contributed by atoms with Gasteiger partial charge in [-0.25, -0.2) is 14.8 Å². The summed E-state index contributed by atoms with van der Waals surface area (Å²) in [5.74, 6) is 0.631. The molecule has 0 bridgehead atoms. The number of para-hydroxylation sites is 1. The maximum absolute atomic E-state index is 12.4. The van der Waals surface area contributed by atoms with Gasteiger partial charge in [-0.3, -0.25) is 0 Å². The number of aryl methyl sites for hydroxylation is 2. The predicted molar refractivity (Wildman–Crippen MR) is 131 cm³/mol. The monoisotopic (exact) mass is 477 g/mol. The lowest BCUT2D eigenvalue weighted by atomic mass is 10.1. The number of nitrogens with zero attached hydrogens (tertiary/aromatic N) is 2. The van der Waals surface area contributed by atoms with Crippen molar-refractivity contribution in [2.75, 3.05) is 11.9 Å². The molecule has 0 fully saturated rings. The van der Waals surface area contributed by atoms with E-state index in [1.165, 1.54) is 0 Å². The summed E-state index contributed by atoms with van der Waals surface area (Å²) in [7, 11) is 0.